The van der Waals surface area contributed by atoms with E-state index in [4.69, 9.17) is 9.47 Å². The molecule has 10 heteroatoms. The summed E-state index contributed by atoms with van der Waals surface area (Å²) in [6, 6.07) is 12.4. The average Bonchev–Trinajstić information content (AvgIpc) is 3.16. The highest BCUT2D eigenvalue weighted by Crippen LogP contribution is 2.29. The van der Waals surface area contributed by atoms with E-state index in [2.05, 4.69) is 14.7 Å². The van der Waals surface area contributed by atoms with Crippen LogP contribution in [-0.4, -0.2) is 41.4 Å². The Labute approximate surface area is 168 Å². The smallest absolute Gasteiger partial charge is 0.387 e. The van der Waals surface area contributed by atoms with Gasteiger partial charge in [-0.15, -0.1) is 0 Å². The van der Waals surface area contributed by atoms with Crippen LogP contribution in [0.25, 0.3) is 16.6 Å². The maximum atomic E-state index is 12.4. The van der Waals surface area contributed by atoms with E-state index < -0.39 is 24.9 Å². The minimum absolute atomic E-state index is 0.0245. The zero-order valence-corrected chi connectivity index (χ0v) is 15.6. The van der Waals surface area contributed by atoms with Gasteiger partial charge in [-0.05, 0) is 30.3 Å². The molecule has 0 atom stereocenters. The molecule has 0 saturated heterocycles. The fraction of sp³-hybridized carbons (Fsp3) is 0.150. The Hall–Kier alpha value is -4.13. The highest BCUT2D eigenvalue weighted by Gasteiger charge is 2.18. The van der Waals surface area contributed by atoms with E-state index in [1.165, 1.54) is 13.2 Å². The van der Waals surface area contributed by atoms with Crippen LogP contribution >= 0.6 is 0 Å². The van der Waals surface area contributed by atoms with Crippen molar-refractivity contribution in [1.29, 1.82) is 5.26 Å². The van der Waals surface area contributed by atoms with Gasteiger partial charge >= 0.3 is 12.6 Å². The molecule has 2 N–H and O–H groups in total. The number of nitrogens with zero attached hydrogens (tertiary/aromatic N) is 2. The lowest BCUT2D eigenvalue weighted by molar-refractivity contribution is -0.0512. The lowest BCUT2D eigenvalue weighted by Gasteiger charge is -2.11. The van der Waals surface area contributed by atoms with Crippen molar-refractivity contribution in [2.45, 2.75) is 6.61 Å². The maximum absolute atomic E-state index is 12.4. The van der Waals surface area contributed by atoms with Crippen LogP contribution in [0, 0.1) is 11.3 Å². The van der Waals surface area contributed by atoms with E-state index >= 15 is 0 Å². The number of carbonyl (C=O) groups is 1. The second kappa shape index (κ2) is 8.91. The van der Waals surface area contributed by atoms with Crippen molar-refractivity contribution < 1.29 is 32.9 Å². The summed E-state index contributed by atoms with van der Waals surface area (Å²) in [5, 5.41) is 19.6. The Morgan fingerprint density at radius 2 is 2.03 bits per heavy atom. The predicted octanol–water partition coefficient (Wildman–Crippen LogP) is 3.82. The number of aliphatic hydroxyl groups excluding tert-OH is 1. The third kappa shape index (κ3) is 4.47. The lowest BCUT2D eigenvalue weighted by Crippen LogP contribution is -2.10. The van der Waals surface area contributed by atoms with Crippen LogP contribution < -0.4 is 9.47 Å². The molecule has 30 heavy (non-hydrogen) atoms. The summed E-state index contributed by atoms with van der Waals surface area (Å²) < 4.78 is 39.0. The van der Waals surface area contributed by atoms with Gasteiger partial charge in [-0.1, -0.05) is 12.1 Å². The molecule has 2 aromatic carbocycles. The normalized spacial score (nSPS) is 11.7. The summed E-state index contributed by atoms with van der Waals surface area (Å²) in [7, 11) is 1.23. The fourth-order valence-corrected chi connectivity index (χ4v) is 2.60. The molecule has 0 bridgehead atoms. The molecule has 8 nitrogen and oxygen atoms in total. The molecule has 0 unspecified atom stereocenters. The van der Waals surface area contributed by atoms with Crippen LogP contribution in [0.2, 0.25) is 0 Å². The molecule has 1 aromatic heterocycles. The number of alkyl halides is 2. The fourth-order valence-electron chi connectivity index (χ4n) is 2.60. The minimum atomic E-state index is -3.05. The number of benzene rings is 2. The molecule has 3 rings (SSSR count). The number of carbonyl (C=O) groups excluding carboxylic acids is 1. The van der Waals surface area contributed by atoms with Gasteiger partial charge in [-0.25, -0.2) is 9.78 Å². The molecule has 0 fully saturated rings. The number of methoxy groups -OCH3 is 1. The molecule has 154 valence electrons. The number of aromatic amines is 1. The molecule has 3 aromatic rings. The number of para-hydroxylation sites is 2. The summed E-state index contributed by atoms with van der Waals surface area (Å²) in [6.07, 6.45) is 0. The zero-order valence-electron chi connectivity index (χ0n) is 15.6. The van der Waals surface area contributed by atoms with E-state index in [1.54, 1.807) is 24.3 Å². The largest absolute Gasteiger partial charge is 0.507 e. The van der Waals surface area contributed by atoms with Gasteiger partial charge in [0.15, 0.2) is 23.1 Å². The summed E-state index contributed by atoms with van der Waals surface area (Å²) in [6.45, 7) is -3.66. The average molecular weight is 415 g/mol. The van der Waals surface area contributed by atoms with Gasteiger partial charge in [0.1, 0.15) is 18.2 Å². The number of imidazole rings is 1. The molecule has 0 amide bonds. The van der Waals surface area contributed by atoms with Gasteiger partial charge in [-0.2, -0.15) is 14.0 Å². The standard InChI is InChI=1S/C20H15F2N3O5/c1-28-17-8-11(6-7-16(17)30-20(21)22)19(27)29-10-15(26)12(9-23)18-24-13-4-2-3-5-14(13)25-18/h2-8,20,26H,10H2,1H3,(H,24,25)/b15-12-. The number of hydrogen-bond acceptors (Lipinski definition) is 7. The number of ether oxygens (including phenoxy) is 3. The first-order valence-electron chi connectivity index (χ1n) is 8.50. The SMILES string of the molecule is COc1cc(C(=O)OC/C(O)=C(\C#N)c2nc3ccccc3[nH]2)ccc1OC(F)F. The van der Waals surface area contributed by atoms with Gasteiger partial charge in [0, 0.05) is 0 Å². The number of allylic oxidation sites excluding steroid dienone is 1. The Bertz CT molecular complexity index is 1120. The molecule has 1 heterocycles. The summed E-state index contributed by atoms with van der Waals surface area (Å²) in [5.74, 6) is -1.59. The summed E-state index contributed by atoms with van der Waals surface area (Å²) in [4.78, 5) is 19.4. The Morgan fingerprint density at radius 3 is 2.70 bits per heavy atom. The number of halogens is 2. The van der Waals surface area contributed by atoms with E-state index in [0.29, 0.717) is 11.0 Å². The van der Waals surface area contributed by atoms with Crippen LogP contribution in [0.3, 0.4) is 0 Å². The Morgan fingerprint density at radius 1 is 1.27 bits per heavy atom. The number of aromatic nitrogens is 2. The molecular weight excluding hydrogens is 400 g/mol. The predicted molar refractivity (Wildman–Crippen MR) is 101 cm³/mol. The highest BCUT2D eigenvalue weighted by atomic mass is 19.3. The van der Waals surface area contributed by atoms with Crippen molar-refractivity contribution in [2.24, 2.45) is 0 Å². The van der Waals surface area contributed by atoms with Crippen LogP contribution in [0.1, 0.15) is 16.2 Å². The molecule has 0 aliphatic carbocycles. The van der Waals surface area contributed by atoms with Gasteiger partial charge in [0.05, 0.1) is 23.7 Å². The molecular formula is C20H15F2N3O5. The number of esters is 1. The number of hydrogen-bond donors (Lipinski definition) is 2. The van der Waals surface area contributed by atoms with Crippen LogP contribution in [0.15, 0.2) is 48.2 Å². The lowest BCUT2D eigenvalue weighted by atomic mass is 10.2. The Balaban J connectivity index is 1.76. The first kappa shape index (κ1) is 20.6. The molecule has 0 radical (unpaired) electrons. The van der Waals surface area contributed by atoms with Crippen molar-refractivity contribution in [3.8, 4) is 17.6 Å². The van der Waals surface area contributed by atoms with E-state index in [1.807, 2.05) is 6.07 Å². The van der Waals surface area contributed by atoms with Crippen LogP contribution in [0.4, 0.5) is 8.78 Å². The molecule has 0 aliphatic rings. The van der Waals surface area contributed by atoms with Gasteiger partial charge in [0.25, 0.3) is 0 Å². The molecule has 0 spiro atoms. The number of fused-ring (bicyclic) bond motifs is 1. The van der Waals surface area contributed by atoms with Gasteiger partial charge < -0.3 is 24.3 Å². The van der Waals surface area contributed by atoms with Gasteiger partial charge in [-0.3, -0.25) is 0 Å². The number of H-pyrrole nitrogens is 1. The van der Waals surface area contributed by atoms with Crippen molar-refractivity contribution in [1.82, 2.24) is 9.97 Å². The second-order valence-electron chi connectivity index (χ2n) is 5.86. The third-order valence-electron chi connectivity index (χ3n) is 3.98. The molecule has 0 saturated carbocycles. The van der Waals surface area contributed by atoms with Crippen molar-refractivity contribution >= 4 is 22.6 Å². The summed E-state index contributed by atoms with van der Waals surface area (Å²) in [5.41, 5.74) is 1.06. The molecule has 0 aliphatic heterocycles. The maximum Gasteiger partial charge on any atom is 0.387 e. The van der Waals surface area contributed by atoms with Crippen molar-refractivity contribution in [3.63, 3.8) is 0 Å². The van der Waals surface area contributed by atoms with E-state index in [-0.39, 0.29) is 28.5 Å². The first-order chi connectivity index (χ1) is 14.4. The quantitative estimate of drug-likeness (QED) is 0.342. The second-order valence-corrected chi connectivity index (χ2v) is 5.86. The minimum Gasteiger partial charge on any atom is -0.507 e. The number of nitriles is 1. The number of nitrogens with one attached hydrogen (secondary N) is 1. The zero-order chi connectivity index (χ0) is 21.7. The van der Waals surface area contributed by atoms with E-state index in [9.17, 15) is 23.9 Å². The summed E-state index contributed by atoms with van der Waals surface area (Å²) >= 11 is 0. The highest BCUT2D eigenvalue weighted by molar-refractivity contribution is 5.90. The number of aliphatic hydroxyl groups is 1. The van der Waals surface area contributed by atoms with Gasteiger partial charge in [0.2, 0.25) is 0 Å². The first-order valence-corrected chi connectivity index (χ1v) is 8.50. The van der Waals surface area contributed by atoms with Crippen molar-refractivity contribution in [3.05, 3.63) is 59.6 Å². The van der Waals surface area contributed by atoms with Crippen LogP contribution in [-0.2, 0) is 4.74 Å². The van der Waals surface area contributed by atoms with Crippen molar-refractivity contribution in [2.75, 3.05) is 13.7 Å². The van der Waals surface area contributed by atoms with E-state index in [0.717, 1.165) is 12.1 Å². The topological polar surface area (TPSA) is 117 Å². The number of rotatable bonds is 7. The monoisotopic (exact) mass is 415 g/mol. The Kier molecular flexibility index (Phi) is 6.12. The third-order valence-corrected chi connectivity index (χ3v) is 3.98. The van der Waals surface area contributed by atoms with Crippen LogP contribution in [0.5, 0.6) is 11.5 Å².